The molecule has 0 aliphatic heterocycles. The van der Waals surface area contributed by atoms with E-state index < -0.39 is 0 Å². The highest BCUT2D eigenvalue weighted by Crippen LogP contribution is 2.05. The molecule has 0 bridgehead atoms. The van der Waals surface area contributed by atoms with Crippen molar-refractivity contribution in [1.82, 2.24) is 10.6 Å². The first-order valence-electron chi connectivity index (χ1n) is 6.14. The molecule has 0 rings (SSSR count). The minimum absolute atomic E-state index is 0.00690. The second kappa shape index (κ2) is 8.53. The molecule has 2 unspecified atom stereocenters. The zero-order chi connectivity index (χ0) is 12.6. The van der Waals surface area contributed by atoms with Gasteiger partial charge in [0.15, 0.2) is 0 Å². The van der Waals surface area contributed by atoms with Gasteiger partial charge >= 0.3 is 0 Å². The van der Waals surface area contributed by atoms with Crippen molar-refractivity contribution < 1.29 is 9.90 Å². The molecule has 96 valence electrons. The Hall–Kier alpha value is -0.610. The molecule has 4 heteroatoms. The Morgan fingerprint density at radius 2 is 1.94 bits per heavy atom. The van der Waals surface area contributed by atoms with Crippen LogP contribution in [0.4, 0.5) is 0 Å². The molecule has 0 fully saturated rings. The summed E-state index contributed by atoms with van der Waals surface area (Å²) in [5.41, 5.74) is 0. The van der Waals surface area contributed by atoms with Crippen LogP contribution >= 0.6 is 0 Å². The number of carbonyl (C=O) groups is 1. The van der Waals surface area contributed by atoms with E-state index in [9.17, 15) is 4.79 Å². The van der Waals surface area contributed by atoms with Crippen LogP contribution in [0.25, 0.3) is 0 Å². The van der Waals surface area contributed by atoms with E-state index in [1.54, 1.807) is 0 Å². The van der Waals surface area contributed by atoms with Crippen LogP contribution in [0.3, 0.4) is 0 Å². The Bertz CT molecular complexity index is 195. The van der Waals surface area contributed by atoms with Crippen LogP contribution in [0.15, 0.2) is 0 Å². The molecule has 0 heterocycles. The Morgan fingerprint density at radius 1 is 1.31 bits per heavy atom. The number of hydrogen-bond donors (Lipinski definition) is 3. The molecule has 0 aliphatic rings. The van der Waals surface area contributed by atoms with Crippen LogP contribution < -0.4 is 10.6 Å². The number of amides is 1. The van der Waals surface area contributed by atoms with Crippen LogP contribution in [0.1, 0.15) is 40.5 Å². The van der Waals surface area contributed by atoms with Gasteiger partial charge in [-0.1, -0.05) is 20.8 Å². The predicted octanol–water partition coefficient (Wildman–Crippen LogP) is 0.898. The second-order valence-electron chi connectivity index (χ2n) is 4.62. The molecule has 0 radical (unpaired) electrons. The fourth-order valence-corrected chi connectivity index (χ4v) is 1.38. The molecule has 16 heavy (non-hydrogen) atoms. The van der Waals surface area contributed by atoms with Gasteiger partial charge in [0, 0.05) is 18.7 Å². The van der Waals surface area contributed by atoms with Gasteiger partial charge in [0.1, 0.15) is 0 Å². The lowest BCUT2D eigenvalue weighted by atomic mass is 10.0. The maximum absolute atomic E-state index is 11.6. The zero-order valence-corrected chi connectivity index (χ0v) is 10.9. The number of aliphatic hydroxyl groups excluding tert-OH is 1. The maximum Gasteiger partial charge on any atom is 0.234 e. The largest absolute Gasteiger partial charge is 0.396 e. The monoisotopic (exact) mass is 230 g/mol. The van der Waals surface area contributed by atoms with E-state index in [1.165, 1.54) is 0 Å². The molecule has 1 amide bonds. The third-order valence-corrected chi connectivity index (χ3v) is 2.81. The van der Waals surface area contributed by atoms with E-state index in [2.05, 4.69) is 24.5 Å². The van der Waals surface area contributed by atoms with Gasteiger partial charge in [-0.25, -0.2) is 0 Å². The van der Waals surface area contributed by atoms with E-state index in [4.69, 9.17) is 5.11 Å². The summed E-state index contributed by atoms with van der Waals surface area (Å²) < 4.78 is 0. The topological polar surface area (TPSA) is 61.4 Å². The number of carbonyl (C=O) groups excluding carboxylic acids is 1. The van der Waals surface area contributed by atoms with Crippen molar-refractivity contribution in [2.45, 2.75) is 52.6 Å². The Labute approximate surface area is 98.8 Å². The fraction of sp³-hybridized carbons (Fsp3) is 0.917. The fourth-order valence-electron chi connectivity index (χ4n) is 1.38. The summed E-state index contributed by atoms with van der Waals surface area (Å²) >= 11 is 0. The Kier molecular flexibility index (Phi) is 8.21. The number of nitrogens with one attached hydrogen (secondary N) is 2. The number of hydrogen-bond acceptors (Lipinski definition) is 3. The molecule has 0 saturated heterocycles. The summed E-state index contributed by atoms with van der Waals surface area (Å²) in [5.74, 6) is 0.354. The van der Waals surface area contributed by atoms with Gasteiger partial charge < -0.3 is 15.7 Å². The summed E-state index contributed by atoms with van der Waals surface area (Å²) in [4.78, 5) is 11.6. The summed E-state index contributed by atoms with van der Waals surface area (Å²) in [5, 5.41) is 15.0. The van der Waals surface area contributed by atoms with Gasteiger partial charge in [-0.2, -0.15) is 0 Å². The molecule has 0 aromatic heterocycles. The van der Waals surface area contributed by atoms with Crippen molar-refractivity contribution in [3.8, 4) is 0 Å². The second-order valence-corrected chi connectivity index (χ2v) is 4.62. The normalized spacial score (nSPS) is 14.9. The van der Waals surface area contributed by atoms with Crippen molar-refractivity contribution >= 4 is 5.91 Å². The molecule has 0 aromatic carbocycles. The third-order valence-electron chi connectivity index (χ3n) is 2.81. The predicted molar refractivity (Wildman–Crippen MR) is 66.2 cm³/mol. The number of rotatable bonds is 8. The van der Waals surface area contributed by atoms with Gasteiger partial charge in [0.2, 0.25) is 5.91 Å². The summed E-state index contributed by atoms with van der Waals surface area (Å²) in [6.45, 7) is 8.69. The van der Waals surface area contributed by atoms with Crippen LogP contribution in [0, 0.1) is 5.92 Å². The lowest BCUT2D eigenvalue weighted by Crippen LogP contribution is -2.44. The van der Waals surface area contributed by atoms with E-state index in [-0.39, 0.29) is 18.6 Å². The minimum atomic E-state index is 0.00690. The molecule has 4 nitrogen and oxygen atoms in total. The highest BCUT2D eigenvalue weighted by molar-refractivity contribution is 5.78. The van der Waals surface area contributed by atoms with Gasteiger partial charge in [0.25, 0.3) is 0 Å². The van der Waals surface area contributed by atoms with Crippen molar-refractivity contribution in [2.75, 3.05) is 13.2 Å². The first kappa shape index (κ1) is 15.4. The molecule has 3 N–H and O–H groups in total. The maximum atomic E-state index is 11.6. The molecule has 0 saturated carbocycles. The lowest BCUT2D eigenvalue weighted by Gasteiger charge is -2.22. The summed E-state index contributed by atoms with van der Waals surface area (Å²) in [6.07, 6.45) is 1.63. The molecular weight excluding hydrogens is 204 g/mol. The quantitative estimate of drug-likeness (QED) is 0.580. The highest BCUT2D eigenvalue weighted by Gasteiger charge is 2.15. The highest BCUT2D eigenvalue weighted by atomic mass is 16.3. The molecule has 0 aromatic rings. The molecule has 2 atom stereocenters. The van der Waals surface area contributed by atoms with Crippen molar-refractivity contribution in [3.63, 3.8) is 0 Å². The third kappa shape index (κ3) is 6.80. The summed E-state index contributed by atoms with van der Waals surface area (Å²) in [7, 11) is 0. The smallest absolute Gasteiger partial charge is 0.234 e. The summed E-state index contributed by atoms with van der Waals surface area (Å²) in [6, 6.07) is 0.428. The average Bonchev–Trinajstić information content (AvgIpc) is 2.25. The average molecular weight is 230 g/mol. The van der Waals surface area contributed by atoms with E-state index >= 15 is 0 Å². The standard InChI is InChI=1S/C12H26N2O2/c1-5-10(4)13-8-12(16)14-11(6-7-15)9(2)3/h9-11,13,15H,5-8H2,1-4H3,(H,14,16). The van der Waals surface area contributed by atoms with Crippen molar-refractivity contribution in [1.29, 1.82) is 0 Å². The first-order valence-corrected chi connectivity index (χ1v) is 6.14. The van der Waals surface area contributed by atoms with E-state index in [0.29, 0.717) is 24.9 Å². The van der Waals surface area contributed by atoms with E-state index in [1.807, 2.05) is 13.8 Å². The van der Waals surface area contributed by atoms with Crippen molar-refractivity contribution in [2.24, 2.45) is 5.92 Å². The SMILES string of the molecule is CCC(C)NCC(=O)NC(CCO)C(C)C. The van der Waals surface area contributed by atoms with Crippen molar-refractivity contribution in [3.05, 3.63) is 0 Å². The zero-order valence-electron chi connectivity index (χ0n) is 10.9. The Balaban J connectivity index is 3.90. The van der Waals surface area contributed by atoms with Crippen LogP contribution in [-0.4, -0.2) is 36.2 Å². The van der Waals surface area contributed by atoms with Gasteiger partial charge in [-0.05, 0) is 25.7 Å². The minimum Gasteiger partial charge on any atom is -0.396 e. The first-order chi connectivity index (χ1) is 7.51. The van der Waals surface area contributed by atoms with Gasteiger partial charge in [0.05, 0.1) is 6.54 Å². The molecular formula is C12H26N2O2. The Morgan fingerprint density at radius 3 is 2.38 bits per heavy atom. The van der Waals surface area contributed by atoms with Crippen LogP contribution in [-0.2, 0) is 4.79 Å². The van der Waals surface area contributed by atoms with Gasteiger partial charge in [-0.15, -0.1) is 0 Å². The van der Waals surface area contributed by atoms with Crippen LogP contribution in [0.2, 0.25) is 0 Å². The number of aliphatic hydroxyl groups is 1. The molecule has 0 spiro atoms. The van der Waals surface area contributed by atoms with E-state index in [0.717, 1.165) is 6.42 Å². The van der Waals surface area contributed by atoms with Gasteiger partial charge in [-0.3, -0.25) is 4.79 Å². The lowest BCUT2D eigenvalue weighted by molar-refractivity contribution is -0.121. The van der Waals surface area contributed by atoms with Crippen LogP contribution in [0.5, 0.6) is 0 Å². The molecule has 0 aliphatic carbocycles.